The van der Waals surface area contributed by atoms with Gasteiger partial charge in [-0.3, -0.25) is 9.69 Å². The molecule has 5 nitrogen and oxygen atoms in total. The second kappa shape index (κ2) is 6.26. The van der Waals surface area contributed by atoms with Crippen molar-refractivity contribution in [3.63, 3.8) is 0 Å². The molecule has 1 aromatic rings. The van der Waals surface area contributed by atoms with E-state index in [1.54, 1.807) is 11.3 Å². The number of carboxylic acid groups (broad SMARTS) is 1. The number of aromatic nitrogens is 1. The fourth-order valence-corrected chi connectivity index (χ4v) is 2.90. The Balaban J connectivity index is 1.89. The van der Waals surface area contributed by atoms with Crippen LogP contribution in [0.15, 0.2) is 5.38 Å². The number of hydrogen-bond acceptors (Lipinski definition) is 5. The number of carbonyl (C=O) groups is 1. The molecule has 2 rings (SSSR count). The van der Waals surface area contributed by atoms with Crippen molar-refractivity contribution in [2.45, 2.75) is 19.3 Å². The van der Waals surface area contributed by atoms with Gasteiger partial charge in [-0.15, -0.1) is 11.3 Å². The summed E-state index contributed by atoms with van der Waals surface area (Å²) in [5.74, 6) is -0.483. The number of morpholine rings is 1. The molecule has 6 heteroatoms. The van der Waals surface area contributed by atoms with E-state index in [2.05, 4.69) is 16.8 Å². The van der Waals surface area contributed by atoms with Crippen LogP contribution in [0.4, 0.5) is 0 Å². The highest BCUT2D eigenvalue weighted by Gasteiger charge is 2.17. The van der Waals surface area contributed by atoms with Crippen molar-refractivity contribution in [3.8, 4) is 0 Å². The Kier molecular flexibility index (Phi) is 4.68. The molecule has 1 aliphatic heterocycles. The van der Waals surface area contributed by atoms with Gasteiger partial charge in [0, 0.05) is 30.9 Å². The third kappa shape index (κ3) is 3.76. The van der Waals surface area contributed by atoms with Gasteiger partial charge in [0.05, 0.1) is 30.3 Å². The highest BCUT2D eigenvalue weighted by molar-refractivity contribution is 7.09. The van der Waals surface area contributed by atoms with Gasteiger partial charge in [-0.25, -0.2) is 4.98 Å². The molecule has 0 saturated carbocycles. The minimum Gasteiger partial charge on any atom is -0.481 e. The smallest absolute Gasteiger partial charge is 0.309 e. The maximum Gasteiger partial charge on any atom is 0.309 e. The first kappa shape index (κ1) is 13.5. The summed E-state index contributed by atoms with van der Waals surface area (Å²) in [6.07, 6.45) is 0.0147. The molecule has 1 atom stereocenters. The molecule has 1 aromatic heterocycles. The largest absolute Gasteiger partial charge is 0.481 e. The van der Waals surface area contributed by atoms with Gasteiger partial charge in [-0.1, -0.05) is 6.92 Å². The molecular weight excluding hydrogens is 252 g/mol. The molecule has 18 heavy (non-hydrogen) atoms. The van der Waals surface area contributed by atoms with E-state index in [4.69, 9.17) is 9.84 Å². The van der Waals surface area contributed by atoms with Gasteiger partial charge in [0.15, 0.2) is 0 Å². The van der Waals surface area contributed by atoms with Crippen molar-refractivity contribution in [2.24, 2.45) is 0 Å². The summed E-state index contributed by atoms with van der Waals surface area (Å²) >= 11 is 1.56. The van der Waals surface area contributed by atoms with Crippen LogP contribution in [0.1, 0.15) is 23.5 Å². The second-order valence-electron chi connectivity index (χ2n) is 4.56. The van der Waals surface area contributed by atoms with Gasteiger partial charge < -0.3 is 9.84 Å². The summed E-state index contributed by atoms with van der Waals surface area (Å²) in [6.45, 7) is 6.64. The Morgan fingerprint density at radius 1 is 1.61 bits per heavy atom. The molecule has 0 aromatic carbocycles. The normalized spacial score (nSPS) is 18.7. The highest BCUT2D eigenvalue weighted by Crippen LogP contribution is 2.21. The van der Waals surface area contributed by atoms with Gasteiger partial charge in [-0.2, -0.15) is 0 Å². The molecule has 0 bridgehead atoms. The van der Waals surface area contributed by atoms with Crippen molar-refractivity contribution in [2.75, 3.05) is 32.8 Å². The Morgan fingerprint density at radius 2 is 2.33 bits per heavy atom. The molecule has 1 fully saturated rings. The van der Waals surface area contributed by atoms with E-state index >= 15 is 0 Å². The van der Waals surface area contributed by atoms with Crippen LogP contribution < -0.4 is 0 Å². The number of nitrogens with zero attached hydrogens (tertiary/aromatic N) is 2. The number of rotatable bonds is 5. The molecule has 100 valence electrons. The summed E-state index contributed by atoms with van der Waals surface area (Å²) in [6, 6.07) is 0. The SMILES string of the molecule is CC(CN1CCOCC1)c1nc(CC(=O)O)cs1. The lowest BCUT2D eigenvalue weighted by atomic mass is 10.1. The third-order valence-electron chi connectivity index (χ3n) is 2.96. The van der Waals surface area contributed by atoms with Crippen LogP contribution >= 0.6 is 11.3 Å². The van der Waals surface area contributed by atoms with Gasteiger partial charge in [-0.05, 0) is 0 Å². The van der Waals surface area contributed by atoms with Crippen molar-refractivity contribution >= 4 is 17.3 Å². The van der Waals surface area contributed by atoms with Crippen molar-refractivity contribution < 1.29 is 14.6 Å². The van der Waals surface area contributed by atoms with Crippen molar-refractivity contribution in [1.29, 1.82) is 0 Å². The molecule has 1 unspecified atom stereocenters. The summed E-state index contributed by atoms with van der Waals surface area (Å²) < 4.78 is 5.31. The summed E-state index contributed by atoms with van der Waals surface area (Å²) in [4.78, 5) is 17.4. The summed E-state index contributed by atoms with van der Waals surface area (Å²) in [5.41, 5.74) is 0.663. The van der Waals surface area contributed by atoms with Crippen LogP contribution in [0.2, 0.25) is 0 Å². The highest BCUT2D eigenvalue weighted by atomic mass is 32.1. The first-order valence-corrected chi connectivity index (χ1v) is 6.99. The predicted octanol–water partition coefficient (Wildman–Crippen LogP) is 1.21. The van der Waals surface area contributed by atoms with Crippen molar-refractivity contribution in [3.05, 3.63) is 16.1 Å². The Bertz CT molecular complexity index is 402. The van der Waals surface area contributed by atoms with Gasteiger partial charge in [0.1, 0.15) is 0 Å². The van der Waals surface area contributed by atoms with E-state index in [0.717, 1.165) is 37.9 Å². The standard InChI is InChI=1S/C12H18N2O3S/c1-9(7-14-2-4-17-5-3-14)12-13-10(8-18-12)6-11(15)16/h8-9H,2-7H2,1H3,(H,15,16). The fraction of sp³-hybridized carbons (Fsp3) is 0.667. The zero-order valence-corrected chi connectivity index (χ0v) is 11.3. The lowest BCUT2D eigenvalue weighted by Crippen LogP contribution is -2.38. The Hall–Kier alpha value is -0.980. The van der Waals surface area contributed by atoms with E-state index in [9.17, 15) is 4.79 Å². The van der Waals surface area contributed by atoms with E-state index in [-0.39, 0.29) is 6.42 Å². The van der Waals surface area contributed by atoms with Gasteiger partial charge >= 0.3 is 5.97 Å². The molecule has 1 saturated heterocycles. The molecule has 1 aliphatic rings. The minimum atomic E-state index is -0.826. The molecule has 0 amide bonds. The monoisotopic (exact) mass is 270 g/mol. The van der Waals surface area contributed by atoms with Gasteiger partial charge in [0.2, 0.25) is 0 Å². The first-order valence-electron chi connectivity index (χ1n) is 6.11. The Labute approximate surface area is 110 Å². The average Bonchev–Trinajstić information content (AvgIpc) is 2.78. The van der Waals surface area contributed by atoms with Crippen LogP contribution in [0.25, 0.3) is 0 Å². The molecule has 0 spiro atoms. The lowest BCUT2D eigenvalue weighted by molar-refractivity contribution is -0.136. The Morgan fingerprint density at radius 3 is 3.00 bits per heavy atom. The molecule has 0 aliphatic carbocycles. The number of aliphatic carboxylic acids is 1. The summed E-state index contributed by atoms with van der Waals surface area (Å²) in [5, 5.41) is 11.6. The maximum atomic E-state index is 10.6. The van der Waals surface area contributed by atoms with Crippen LogP contribution in [0.3, 0.4) is 0 Å². The quantitative estimate of drug-likeness (QED) is 0.871. The lowest BCUT2D eigenvalue weighted by Gasteiger charge is -2.28. The predicted molar refractivity (Wildman–Crippen MR) is 69.1 cm³/mol. The number of hydrogen-bond donors (Lipinski definition) is 1. The van der Waals surface area contributed by atoms with Gasteiger partial charge in [0.25, 0.3) is 0 Å². The second-order valence-corrected chi connectivity index (χ2v) is 5.45. The number of ether oxygens (including phenoxy) is 1. The first-order chi connectivity index (χ1) is 8.65. The molecule has 2 heterocycles. The molecular formula is C12H18N2O3S. The van der Waals surface area contributed by atoms with Crippen molar-refractivity contribution in [1.82, 2.24) is 9.88 Å². The zero-order valence-electron chi connectivity index (χ0n) is 10.5. The zero-order chi connectivity index (χ0) is 13.0. The van der Waals surface area contributed by atoms with Crippen LogP contribution in [-0.2, 0) is 16.0 Å². The molecule has 0 radical (unpaired) electrons. The van der Waals surface area contributed by atoms with Crippen LogP contribution in [0.5, 0.6) is 0 Å². The van der Waals surface area contributed by atoms with Crippen LogP contribution in [-0.4, -0.2) is 53.8 Å². The minimum absolute atomic E-state index is 0.0147. The summed E-state index contributed by atoms with van der Waals surface area (Å²) in [7, 11) is 0. The van der Waals surface area contributed by atoms with E-state index in [1.165, 1.54) is 0 Å². The van der Waals surface area contributed by atoms with E-state index in [0.29, 0.717) is 11.6 Å². The number of carboxylic acids is 1. The fourth-order valence-electron chi connectivity index (χ4n) is 2.03. The maximum absolute atomic E-state index is 10.6. The topological polar surface area (TPSA) is 62.7 Å². The van der Waals surface area contributed by atoms with Crippen LogP contribution in [0, 0.1) is 0 Å². The third-order valence-corrected chi connectivity index (χ3v) is 4.08. The average molecular weight is 270 g/mol. The van der Waals surface area contributed by atoms with E-state index in [1.807, 2.05) is 5.38 Å². The molecule has 1 N–H and O–H groups in total. The number of thiazole rings is 1. The van der Waals surface area contributed by atoms with E-state index < -0.39 is 5.97 Å².